The van der Waals surface area contributed by atoms with Crippen molar-refractivity contribution in [3.05, 3.63) is 29.6 Å². The van der Waals surface area contributed by atoms with E-state index in [9.17, 15) is 8.42 Å². The summed E-state index contributed by atoms with van der Waals surface area (Å²) in [6.45, 7) is 8.32. The van der Waals surface area contributed by atoms with E-state index in [1.165, 1.54) is 4.31 Å². The van der Waals surface area contributed by atoms with Gasteiger partial charge >= 0.3 is 0 Å². The van der Waals surface area contributed by atoms with Crippen LogP contribution in [0, 0.1) is 6.92 Å². The van der Waals surface area contributed by atoms with Gasteiger partial charge in [0.25, 0.3) is 5.89 Å². The van der Waals surface area contributed by atoms with Crippen LogP contribution in [-0.2, 0) is 16.4 Å². The topological polar surface area (TPSA) is 88.3 Å². The first-order valence-corrected chi connectivity index (χ1v) is 9.88. The fourth-order valence-electron chi connectivity index (χ4n) is 2.54. The number of hydrogen-bond acceptors (Lipinski definition) is 6. The molecule has 9 heteroatoms. The molecule has 0 fully saturated rings. The molecule has 0 spiro atoms. The highest BCUT2D eigenvalue weighted by Gasteiger charge is 2.24. The Kier molecular flexibility index (Phi) is 8.20. The number of aromatic nitrogens is 2. The van der Waals surface area contributed by atoms with E-state index in [2.05, 4.69) is 15.5 Å². The molecule has 1 unspecified atom stereocenters. The Morgan fingerprint density at radius 3 is 2.50 bits per heavy atom. The van der Waals surface area contributed by atoms with Gasteiger partial charge in [-0.3, -0.25) is 0 Å². The van der Waals surface area contributed by atoms with Crippen molar-refractivity contribution in [3.63, 3.8) is 0 Å². The minimum Gasteiger partial charge on any atom is -0.334 e. The van der Waals surface area contributed by atoms with Gasteiger partial charge in [-0.2, -0.15) is 9.29 Å². The summed E-state index contributed by atoms with van der Waals surface area (Å²) in [6.07, 6.45) is 0.635. The Bertz CT molecular complexity index is 819. The molecule has 0 aliphatic carbocycles. The Labute approximate surface area is 161 Å². The minimum atomic E-state index is -3.55. The highest BCUT2D eigenvalue weighted by molar-refractivity contribution is 7.89. The average Bonchev–Trinajstić information content (AvgIpc) is 3.04. The van der Waals surface area contributed by atoms with Gasteiger partial charge in [0.2, 0.25) is 10.0 Å². The van der Waals surface area contributed by atoms with Crippen LogP contribution in [0.2, 0.25) is 0 Å². The lowest BCUT2D eigenvalue weighted by Gasteiger charge is -2.20. The molecule has 0 saturated heterocycles. The van der Waals surface area contributed by atoms with E-state index in [4.69, 9.17) is 4.52 Å². The first-order valence-electron chi connectivity index (χ1n) is 8.44. The molecule has 2 aromatic rings. The van der Waals surface area contributed by atoms with E-state index in [1.54, 1.807) is 25.1 Å². The van der Waals surface area contributed by atoms with E-state index in [-0.39, 0.29) is 23.3 Å². The third-order valence-corrected chi connectivity index (χ3v) is 6.40. The Hall–Kier alpha value is -1.48. The SMILES string of the molecule is CCN(CC)S(=O)(=O)c1cc(-c2nc(CC(C)NC)no2)ccc1C.Cl. The Balaban J connectivity index is 0.00000338. The summed E-state index contributed by atoms with van der Waals surface area (Å²) in [7, 11) is -1.67. The Morgan fingerprint density at radius 1 is 1.27 bits per heavy atom. The molecule has 146 valence electrons. The van der Waals surface area contributed by atoms with Crippen LogP contribution in [0.15, 0.2) is 27.6 Å². The van der Waals surface area contributed by atoms with Crippen LogP contribution in [0.3, 0.4) is 0 Å². The molecule has 7 nitrogen and oxygen atoms in total. The van der Waals surface area contributed by atoms with Crippen LogP contribution in [-0.4, -0.2) is 49.0 Å². The van der Waals surface area contributed by atoms with Gasteiger partial charge in [0, 0.05) is 31.1 Å². The van der Waals surface area contributed by atoms with Crippen molar-refractivity contribution in [1.82, 2.24) is 19.8 Å². The van der Waals surface area contributed by atoms with Gasteiger partial charge in [-0.05, 0) is 38.6 Å². The average molecular weight is 403 g/mol. The lowest BCUT2D eigenvalue weighted by Crippen LogP contribution is -2.31. The molecular weight excluding hydrogens is 376 g/mol. The summed E-state index contributed by atoms with van der Waals surface area (Å²) in [5.41, 5.74) is 1.30. The largest absolute Gasteiger partial charge is 0.334 e. The molecule has 1 aromatic heterocycles. The molecular formula is C17H27ClN4O3S. The maximum absolute atomic E-state index is 12.8. The number of nitrogens with zero attached hydrogens (tertiary/aromatic N) is 3. The van der Waals surface area contributed by atoms with Crippen molar-refractivity contribution in [2.45, 2.75) is 45.1 Å². The zero-order valence-electron chi connectivity index (χ0n) is 15.8. The first-order chi connectivity index (χ1) is 11.8. The molecule has 0 radical (unpaired) electrons. The number of nitrogens with one attached hydrogen (secondary N) is 1. The fraction of sp³-hybridized carbons (Fsp3) is 0.529. The van der Waals surface area contributed by atoms with Crippen LogP contribution >= 0.6 is 12.4 Å². The molecule has 1 atom stereocenters. The van der Waals surface area contributed by atoms with Crippen LogP contribution < -0.4 is 5.32 Å². The lowest BCUT2D eigenvalue weighted by atomic mass is 10.1. The van der Waals surface area contributed by atoms with Crippen LogP contribution in [0.4, 0.5) is 0 Å². The number of sulfonamides is 1. The van der Waals surface area contributed by atoms with Crippen molar-refractivity contribution in [2.75, 3.05) is 20.1 Å². The van der Waals surface area contributed by atoms with Gasteiger partial charge in [0.15, 0.2) is 5.82 Å². The molecule has 1 heterocycles. The van der Waals surface area contributed by atoms with E-state index in [1.807, 2.05) is 27.8 Å². The van der Waals surface area contributed by atoms with Gasteiger partial charge < -0.3 is 9.84 Å². The van der Waals surface area contributed by atoms with E-state index < -0.39 is 10.0 Å². The number of aryl methyl sites for hydroxylation is 1. The zero-order chi connectivity index (χ0) is 18.6. The van der Waals surface area contributed by atoms with Gasteiger partial charge in [-0.15, -0.1) is 12.4 Å². The van der Waals surface area contributed by atoms with Crippen LogP contribution in [0.25, 0.3) is 11.5 Å². The predicted octanol–water partition coefficient (Wildman–Crippen LogP) is 2.65. The van der Waals surface area contributed by atoms with Crippen molar-refractivity contribution >= 4 is 22.4 Å². The van der Waals surface area contributed by atoms with Crippen molar-refractivity contribution in [2.24, 2.45) is 0 Å². The molecule has 2 rings (SSSR count). The van der Waals surface area contributed by atoms with Gasteiger partial charge in [0.1, 0.15) is 0 Å². The minimum absolute atomic E-state index is 0. The van der Waals surface area contributed by atoms with Crippen molar-refractivity contribution in [1.29, 1.82) is 0 Å². The summed E-state index contributed by atoms with van der Waals surface area (Å²) in [5.74, 6) is 0.917. The molecule has 0 bridgehead atoms. The molecule has 0 saturated carbocycles. The smallest absolute Gasteiger partial charge is 0.257 e. The van der Waals surface area contributed by atoms with Gasteiger partial charge in [0.05, 0.1) is 4.90 Å². The van der Waals surface area contributed by atoms with E-state index >= 15 is 0 Å². The Morgan fingerprint density at radius 2 is 1.92 bits per heavy atom. The summed E-state index contributed by atoms with van der Waals surface area (Å²) >= 11 is 0. The summed E-state index contributed by atoms with van der Waals surface area (Å²) in [4.78, 5) is 4.66. The monoisotopic (exact) mass is 402 g/mol. The summed E-state index contributed by atoms with van der Waals surface area (Å²) in [5, 5.41) is 7.09. The predicted molar refractivity (Wildman–Crippen MR) is 104 cm³/mol. The van der Waals surface area contributed by atoms with E-state index in [0.29, 0.717) is 42.4 Å². The third-order valence-electron chi connectivity index (χ3n) is 4.21. The van der Waals surface area contributed by atoms with Crippen LogP contribution in [0.5, 0.6) is 0 Å². The first kappa shape index (κ1) is 22.6. The number of halogens is 1. The normalized spacial score (nSPS) is 12.8. The molecule has 1 aromatic carbocycles. The maximum atomic E-state index is 12.8. The standard InChI is InChI=1S/C17H26N4O3S.ClH/c1-6-21(7-2)25(22,23)15-11-14(9-8-12(15)3)17-19-16(20-24-17)10-13(4)18-5;/h8-9,11,13,18H,6-7,10H2,1-5H3;1H. The molecule has 0 aliphatic rings. The zero-order valence-corrected chi connectivity index (χ0v) is 17.4. The second kappa shape index (κ2) is 9.45. The molecule has 0 aliphatic heterocycles. The summed E-state index contributed by atoms with van der Waals surface area (Å²) in [6, 6.07) is 5.41. The van der Waals surface area contributed by atoms with Gasteiger partial charge in [-0.1, -0.05) is 25.1 Å². The lowest BCUT2D eigenvalue weighted by molar-refractivity contribution is 0.418. The van der Waals surface area contributed by atoms with Crippen LogP contribution in [0.1, 0.15) is 32.2 Å². The van der Waals surface area contributed by atoms with E-state index in [0.717, 1.165) is 0 Å². The fourth-order valence-corrected chi connectivity index (χ4v) is 4.25. The van der Waals surface area contributed by atoms with Gasteiger partial charge in [-0.25, -0.2) is 8.42 Å². The number of rotatable bonds is 8. The second-order valence-corrected chi connectivity index (χ2v) is 7.89. The summed E-state index contributed by atoms with van der Waals surface area (Å²) < 4.78 is 32.4. The highest BCUT2D eigenvalue weighted by atomic mass is 35.5. The molecule has 0 amide bonds. The number of benzene rings is 1. The second-order valence-electron chi connectivity index (χ2n) is 5.98. The third kappa shape index (κ3) is 4.82. The quantitative estimate of drug-likeness (QED) is 0.730. The van der Waals surface area contributed by atoms with Crippen molar-refractivity contribution < 1.29 is 12.9 Å². The highest BCUT2D eigenvalue weighted by Crippen LogP contribution is 2.26. The number of likely N-dealkylation sites (N-methyl/N-ethyl adjacent to an activating group) is 1. The molecule has 1 N–H and O–H groups in total. The van der Waals surface area contributed by atoms with Crippen molar-refractivity contribution in [3.8, 4) is 11.5 Å². The molecule has 26 heavy (non-hydrogen) atoms. The maximum Gasteiger partial charge on any atom is 0.257 e. The number of hydrogen-bond donors (Lipinski definition) is 1.